The molecule has 0 bridgehead atoms. The van der Waals surface area contributed by atoms with E-state index in [9.17, 15) is 9.18 Å². The van der Waals surface area contributed by atoms with Crippen molar-refractivity contribution < 1.29 is 18.7 Å². The van der Waals surface area contributed by atoms with E-state index in [1.807, 2.05) is 24.3 Å². The Labute approximate surface area is 187 Å². The second kappa shape index (κ2) is 8.15. The number of hydrogen-bond acceptors (Lipinski definition) is 4. The van der Waals surface area contributed by atoms with E-state index in [1.165, 1.54) is 11.1 Å². The molecule has 7 heteroatoms. The van der Waals surface area contributed by atoms with Crippen LogP contribution in [0.1, 0.15) is 33.9 Å². The van der Waals surface area contributed by atoms with Crippen molar-refractivity contribution in [2.45, 2.75) is 12.5 Å². The highest BCUT2D eigenvalue weighted by Gasteiger charge is 2.35. The SMILES string of the molecule is O=C(c1ccc2c(c1)OCCO2)N1N=C(c2ccc(Br)cc2)CC1c1ccccc1F. The molecule has 1 unspecified atom stereocenters. The summed E-state index contributed by atoms with van der Waals surface area (Å²) in [7, 11) is 0. The van der Waals surface area contributed by atoms with Crippen LogP contribution in [0.5, 0.6) is 11.5 Å². The van der Waals surface area contributed by atoms with Crippen molar-refractivity contribution in [3.05, 3.63) is 93.7 Å². The zero-order valence-electron chi connectivity index (χ0n) is 16.4. The Morgan fingerprint density at radius 2 is 1.74 bits per heavy atom. The first kappa shape index (κ1) is 19.8. The monoisotopic (exact) mass is 480 g/mol. The molecule has 3 aromatic carbocycles. The third kappa shape index (κ3) is 3.81. The number of hydrogen-bond donors (Lipinski definition) is 0. The third-order valence-corrected chi connectivity index (χ3v) is 5.88. The number of fused-ring (bicyclic) bond motifs is 1. The molecule has 3 aromatic rings. The number of carbonyl (C=O) groups excluding carboxylic acids is 1. The van der Waals surface area contributed by atoms with Crippen molar-refractivity contribution in [3.63, 3.8) is 0 Å². The molecule has 0 spiro atoms. The molecule has 1 amide bonds. The first-order valence-electron chi connectivity index (χ1n) is 9.91. The minimum absolute atomic E-state index is 0.322. The summed E-state index contributed by atoms with van der Waals surface area (Å²) in [6.45, 7) is 0.903. The molecule has 2 heterocycles. The molecule has 5 nitrogen and oxygen atoms in total. The lowest BCUT2D eigenvalue weighted by atomic mass is 9.97. The summed E-state index contributed by atoms with van der Waals surface area (Å²) in [6, 6.07) is 18.7. The summed E-state index contributed by atoms with van der Waals surface area (Å²) in [4.78, 5) is 13.5. The molecule has 5 rings (SSSR count). The van der Waals surface area contributed by atoms with Gasteiger partial charge in [-0.2, -0.15) is 5.10 Å². The predicted molar refractivity (Wildman–Crippen MR) is 118 cm³/mol. The van der Waals surface area contributed by atoms with Gasteiger partial charge in [0.1, 0.15) is 19.0 Å². The number of hydrazone groups is 1. The lowest BCUT2D eigenvalue weighted by Gasteiger charge is -2.23. The van der Waals surface area contributed by atoms with E-state index in [0.29, 0.717) is 42.3 Å². The van der Waals surface area contributed by atoms with Gasteiger partial charge in [-0.15, -0.1) is 0 Å². The second-order valence-electron chi connectivity index (χ2n) is 7.30. The van der Waals surface area contributed by atoms with Gasteiger partial charge in [0.2, 0.25) is 0 Å². The molecule has 1 atom stereocenters. The van der Waals surface area contributed by atoms with Crippen LogP contribution < -0.4 is 9.47 Å². The Kier molecular flexibility index (Phi) is 5.19. The third-order valence-electron chi connectivity index (χ3n) is 5.35. The molecule has 0 aliphatic carbocycles. The smallest absolute Gasteiger partial charge is 0.274 e. The van der Waals surface area contributed by atoms with Crippen LogP contribution in [0.25, 0.3) is 0 Å². The number of amides is 1. The summed E-state index contributed by atoms with van der Waals surface area (Å²) in [5, 5.41) is 6.00. The normalized spacial score (nSPS) is 17.4. The van der Waals surface area contributed by atoms with Crippen LogP contribution in [-0.4, -0.2) is 29.8 Å². The van der Waals surface area contributed by atoms with Gasteiger partial charge in [0.05, 0.1) is 11.8 Å². The first-order valence-corrected chi connectivity index (χ1v) is 10.7. The van der Waals surface area contributed by atoms with Crippen molar-refractivity contribution in [2.24, 2.45) is 5.10 Å². The van der Waals surface area contributed by atoms with Crippen molar-refractivity contribution in [2.75, 3.05) is 13.2 Å². The van der Waals surface area contributed by atoms with Crippen LogP contribution in [0.3, 0.4) is 0 Å². The maximum absolute atomic E-state index is 14.7. The van der Waals surface area contributed by atoms with Gasteiger partial charge in [0.25, 0.3) is 5.91 Å². The van der Waals surface area contributed by atoms with Crippen molar-refractivity contribution in [3.8, 4) is 11.5 Å². The number of carbonyl (C=O) groups is 1. The van der Waals surface area contributed by atoms with Crippen molar-refractivity contribution in [1.82, 2.24) is 5.01 Å². The molecule has 2 aliphatic heterocycles. The van der Waals surface area contributed by atoms with Crippen molar-refractivity contribution >= 4 is 27.5 Å². The standard InChI is InChI=1S/C24H18BrFN2O3/c25-17-8-5-15(6-9-17)20-14-21(18-3-1-2-4-19(18)26)28(27-20)24(29)16-7-10-22-23(13-16)31-12-11-30-22/h1-10,13,21H,11-12,14H2. The quantitative estimate of drug-likeness (QED) is 0.507. The van der Waals surface area contributed by atoms with E-state index < -0.39 is 6.04 Å². The van der Waals surface area contributed by atoms with Gasteiger partial charge in [-0.25, -0.2) is 9.40 Å². The summed E-state index contributed by atoms with van der Waals surface area (Å²) in [5.74, 6) is 0.446. The Balaban J connectivity index is 1.54. The Bertz CT molecular complexity index is 1180. The minimum atomic E-state index is -0.541. The van der Waals surface area contributed by atoms with Gasteiger partial charge in [-0.1, -0.05) is 46.3 Å². The van der Waals surface area contributed by atoms with Gasteiger partial charge in [-0.3, -0.25) is 4.79 Å². The zero-order valence-corrected chi connectivity index (χ0v) is 18.0. The van der Waals surface area contributed by atoms with E-state index in [-0.39, 0.29) is 11.7 Å². The highest BCUT2D eigenvalue weighted by atomic mass is 79.9. The van der Waals surface area contributed by atoms with Crippen molar-refractivity contribution in [1.29, 1.82) is 0 Å². The maximum atomic E-state index is 14.7. The summed E-state index contributed by atoms with van der Waals surface area (Å²) in [6.07, 6.45) is 0.416. The van der Waals surface area contributed by atoms with E-state index in [0.717, 1.165) is 15.7 Å². The van der Waals surface area contributed by atoms with E-state index >= 15 is 0 Å². The van der Waals surface area contributed by atoms with Gasteiger partial charge in [0.15, 0.2) is 11.5 Å². The molecule has 0 radical (unpaired) electrons. The predicted octanol–water partition coefficient (Wildman–Crippen LogP) is 5.35. The molecule has 0 aromatic heterocycles. The lowest BCUT2D eigenvalue weighted by Crippen LogP contribution is -2.28. The first-order chi connectivity index (χ1) is 15.1. The average molecular weight is 481 g/mol. The summed E-state index contributed by atoms with van der Waals surface area (Å²) in [5.41, 5.74) is 2.46. The second-order valence-corrected chi connectivity index (χ2v) is 8.22. The molecule has 0 saturated carbocycles. The number of nitrogens with zero attached hydrogens (tertiary/aromatic N) is 2. The Morgan fingerprint density at radius 3 is 2.52 bits per heavy atom. The van der Waals surface area contributed by atoms with E-state index in [1.54, 1.807) is 36.4 Å². The van der Waals surface area contributed by atoms with E-state index in [2.05, 4.69) is 21.0 Å². The molecular formula is C24H18BrFN2O3. The fourth-order valence-corrected chi connectivity index (χ4v) is 4.08. The van der Waals surface area contributed by atoms with Crippen LogP contribution in [0.4, 0.5) is 4.39 Å². The number of benzene rings is 3. The number of ether oxygens (including phenoxy) is 2. The maximum Gasteiger partial charge on any atom is 0.274 e. The highest BCUT2D eigenvalue weighted by Crippen LogP contribution is 2.37. The fourth-order valence-electron chi connectivity index (χ4n) is 3.81. The average Bonchev–Trinajstić information content (AvgIpc) is 3.24. The number of halogens is 2. The van der Waals surface area contributed by atoms with Gasteiger partial charge in [-0.05, 0) is 42.0 Å². The molecule has 0 saturated heterocycles. The largest absolute Gasteiger partial charge is 0.486 e. The zero-order chi connectivity index (χ0) is 21.4. The van der Waals surface area contributed by atoms with Gasteiger partial charge >= 0.3 is 0 Å². The molecule has 0 fully saturated rings. The van der Waals surface area contributed by atoms with Crippen LogP contribution in [0.15, 0.2) is 76.3 Å². The van der Waals surface area contributed by atoms with Crippen LogP contribution in [0.2, 0.25) is 0 Å². The lowest BCUT2D eigenvalue weighted by molar-refractivity contribution is 0.0707. The Morgan fingerprint density at radius 1 is 1.00 bits per heavy atom. The highest BCUT2D eigenvalue weighted by molar-refractivity contribution is 9.10. The fraction of sp³-hybridized carbons (Fsp3) is 0.167. The van der Waals surface area contributed by atoms with Crippen LogP contribution >= 0.6 is 15.9 Å². The molecule has 2 aliphatic rings. The van der Waals surface area contributed by atoms with Crippen LogP contribution in [-0.2, 0) is 0 Å². The number of rotatable bonds is 3. The molecule has 31 heavy (non-hydrogen) atoms. The minimum Gasteiger partial charge on any atom is -0.486 e. The summed E-state index contributed by atoms with van der Waals surface area (Å²) >= 11 is 3.43. The molecular weight excluding hydrogens is 463 g/mol. The topological polar surface area (TPSA) is 51.1 Å². The van der Waals surface area contributed by atoms with Gasteiger partial charge in [0, 0.05) is 22.0 Å². The molecule has 0 N–H and O–H groups in total. The molecule has 156 valence electrons. The Hall–Kier alpha value is -3.19. The van der Waals surface area contributed by atoms with Gasteiger partial charge < -0.3 is 9.47 Å². The van der Waals surface area contributed by atoms with Crippen LogP contribution in [0, 0.1) is 5.82 Å². The summed E-state index contributed by atoms with van der Waals surface area (Å²) < 4.78 is 26.8. The van der Waals surface area contributed by atoms with E-state index in [4.69, 9.17) is 9.47 Å².